The first-order chi connectivity index (χ1) is 4.63. The van der Waals surface area contributed by atoms with Gasteiger partial charge in [0, 0.05) is 19.6 Å². The second kappa shape index (κ2) is 4.24. The van der Waals surface area contributed by atoms with E-state index in [-0.39, 0.29) is 18.4 Å². The van der Waals surface area contributed by atoms with Crippen LogP contribution in [0.1, 0.15) is 6.92 Å². The maximum Gasteiger partial charge on any atom is 0.123 e. The topological polar surface area (TPSA) is 78.8 Å². The first kappa shape index (κ1) is 9.39. The molecule has 0 aliphatic carbocycles. The lowest BCUT2D eigenvalue weighted by atomic mass is 10.1. The first-order valence-corrected chi connectivity index (χ1v) is 3.14. The summed E-state index contributed by atoms with van der Waals surface area (Å²) in [6.45, 7) is 1.61. The van der Waals surface area contributed by atoms with Crippen LogP contribution in [0.3, 0.4) is 0 Å². The van der Waals surface area contributed by atoms with Gasteiger partial charge in [0.25, 0.3) is 0 Å². The summed E-state index contributed by atoms with van der Waals surface area (Å²) in [6, 6.07) is 0. The number of amidine groups is 1. The zero-order valence-electron chi connectivity index (χ0n) is 6.28. The Kier molecular flexibility index (Phi) is 3.99. The molecule has 0 aromatic heterocycles. The highest BCUT2D eigenvalue weighted by atomic mass is 16.3. The Morgan fingerprint density at radius 2 is 2.20 bits per heavy atom. The molecular formula is C6H14N2O2. The first-order valence-electron chi connectivity index (χ1n) is 3.14. The molecule has 0 bridgehead atoms. The number of aliphatic hydroxyl groups is 2. The molecule has 0 heterocycles. The van der Waals surface area contributed by atoms with Crippen LogP contribution >= 0.6 is 0 Å². The summed E-state index contributed by atoms with van der Waals surface area (Å²) >= 11 is 0. The van der Waals surface area contributed by atoms with Gasteiger partial charge in [-0.3, -0.25) is 4.99 Å². The number of nitrogens with two attached hydrogens (primary N) is 1. The van der Waals surface area contributed by atoms with Crippen LogP contribution in [0.2, 0.25) is 0 Å². The van der Waals surface area contributed by atoms with E-state index >= 15 is 0 Å². The Labute approximate surface area is 60.4 Å². The maximum atomic E-state index is 9.17. The van der Waals surface area contributed by atoms with Crippen molar-refractivity contribution >= 4 is 5.84 Å². The highest BCUT2D eigenvalue weighted by Gasteiger charge is 2.15. The quantitative estimate of drug-likeness (QED) is 0.351. The lowest BCUT2D eigenvalue weighted by Gasteiger charge is -2.14. The minimum atomic E-state index is -0.824. The van der Waals surface area contributed by atoms with E-state index in [1.54, 1.807) is 6.92 Å². The average Bonchev–Trinajstić information content (AvgIpc) is 2.00. The molecule has 0 radical (unpaired) electrons. The number of hydrogen-bond donors (Lipinski definition) is 3. The molecule has 0 aromatic rings. The predicted octanol–water partition coefficient (Wildman–Crippen LogP) is -1.04. The fourth-order valence-electron chi connectivity index (χ4n) is 0.524. The van der Waals surface area contributed by atoms with Crippen LogP contribution in [0.25, 0.3) is 0 Å². The van der Waals surface area contributed by atoms with Crippen molar-refractivity contribution in [2.75, 3.05) is 13.7 Å². The van der Waals surface area contributed by atoms with E-state index in [1.165, 1.54) is 7.05 Å². The van der Waals surface area contributed by atoms with Crippen molar-refractivity contribution < 1.29 is 10.2 Å². The van der Waals surface area contributed by atoms with E-state index in [1.807, 2.05) is 0 Å². The van der Waals surface area contributed by atoms with Crippen molar-refractivity contribution in [3.8, 4) is 0 Å². The van der Waals surface area contributed by atoms with Crippen molar-refractivity contribution in [2.24, 2.45) is 16.6 Å². The van der Waals surface area contributed by atoms with E-state index in [2.05, 4.69) is 4.99 Å². The van der Waals surface area contributed by atoms with E-state index in [0.29, 0.717) is 0 Å². The van der Waals surface area contributed by atoms with Gasteiger partial charge in [0.1, 0.15) is 11.9 Å². The number of aliphatic hydroxyl groups excluding tert-OH is 2. The molecular weight excluding hydrogens is 132 g/mol. The molecule has 0 fully saturated rings. The fourth-order valence-corrected chi connectivity index (χ4v) is 0.524. The smallest absolute Gasteiger partial charge is 0.123 e. The molecule has 0 spiro atoms. The van der Waals surface area contributed by atoms with Gasteiger partial charge in [-0.1, -0.05) is 6.92 Å². The zero-order chi connectivity index (χ0) is 8.15. The van der Waals surface area contributed by atoms with E-state index in [9.17, 15) is 5.11 Å². The van der Waals surface area contributed by atoms with Gasteiger partial charge in [0.05, 0.1) is 0 Å². The largest absolute Gasteiger partial charge is 0.396 e. The van der Waals surface area contributed by atoms with Crippen molar-refractivity contribution in [3.05, 3.63) is 0 Å². The normalized spacial score (nSPS) is 18.6. The van der Waals surface area contributed by atoms with Crippen LogP contribution in [0.4, 0.5) is 0 Å². The van der Waals surface area contributed by atoms with Gasteiger partial charge in [0.15, 0.2) is 0 Å². The third-order valence-corrected chi connectivity index (χ3v) is 1.39. The number of aliphatic imine (C=N–C) groups is 1. The molecule has 2 atom stereocenters. The summed E-state index contributed by atoms with van der Waals surface area (Å²) in [5, 5.41) is 17.7. The Morgan fingerprint density at radius 1 is 1.70 bits per heavy atom. The standard InChI is InChI=1S/C6H14N2O2/c1-4(3-9)5(10)6(7)8-2/h4-5,9-10H,3H2,1-2H3,(H2,7,8). The van der Waals surface area contributed by atoms with Crippen LogP contribution < -0.4 is 5.73 Å². The fraction of sp³-hybridized carbons (Fsp3) is 0.833. The molecule has 0 saturated carbocycles. The highest BCUT2D eigenvalue weighted by Crippen LogP contribution is 2.00. The Bertz CT molecular complexity index is 125. The summed E-state index contributed by atoms with van der Waals surface area (Å²) in [5.41, 5.74) is 5.28. The van der Waals surface area contributed by atoms with Crippen molar-refractivity contribution in [1.82, 2.24) is 0 Å². The summed E-state index contributed by atoms with van der Waals surface area (Å²) in [6.07, 6.45) is -0.824. The van der Waals surface area contributed by atoms with E-state index in [0.717, 1.165) is 0 Å². The van der Waals surface area contributed by atoms with Crippen LogP contribution in [0.5, 0.6) is 0 Å². The SMILES string of the molecule is CN=C(N)C(O)C(C)CO. The lowest BCUT2D eigenvalue weighted by Crippen LogP contribution is -2.35. The highest BCUT2D eigenvalue weighted by molar-refractivity contribution is 5.84. The van der Waals surface area contributed by atoms with Crippen LogP contribution in [-0.2, 0) is 0 Å². The second-order valence-electron chi connectivity index (χ2n) is 2.25. The molecule has 0 aliphatic rings. The molecule has 0 rings (SSSR count). The van der Waals surface area contributed by atoms with Crippen LogP contribution in [0.15, 0.2) is 4.99 Å². The molecule has 2 unspecified atom stereocenters. The van der Waals surface area contributed by atoms with Crippen molar-refractivity contribution in [2.45, 2.75) is 13.0 Å². The lowest BCUT2D eigenvalue weighted by molar-refractivity contribution is 0.123. The Morgan fingerprint density at radius 3 is 2.50 bits per heavy atom. The monoisotopic (exact) mass is 146 g/mol. The minimum absolute atomic E-state index is 0.0859. The van der Waals surface area contributed by atoms with Gasteiger partial charge >= 0.3 is 0 Å². The van der Waals surface area contributed by atoms with Crippen molar-refractivity contribution in [3.63, 3.8) is 0 Å². The summed E-state index contributed by atoms with van der Waals surface area (Å²) in [4.78, 5) is 3.59. The summed E-state index contributed by atoms with van der Waals surface area (Å²) < 4.78 is 0. The minimum Gasteiger partial charge on any atom is -0.396 e. The number of rotatable bonds is 3. The van der Waals surface area contributed by atoms with Gasteiger partial charge in [-0.05, 0) is 0 Å². The summed E-state index contributed by atoms with van der Waals surface area (Å²) in [5.74, 6) is -0.0785. The molecule has 0 aromatic carbocycles. The number of nitrogens with zero attached hydrogens (tertiary/aromatic N) is 1. The van der Waals surface area contributed by atoms with Gasteiger partial charge in [-0.2, -0.15) is 0 Å². The second-order valence-corrected chi connectivity index (χ2v) is 2.25. The molecule has 0 amide bonds. The number of hydrogen-bond acceptors (Lipinski definition) is 3. The Balaban J connectivity index is 3.94. The molecule has 60 valence electrons. The maximum absolute atomic E-state index is 9.17. The van der Waals surface area contributed by atoms with E-state index in [4.69, 9.17) is 10.8 Å². The average molecular weight is 146 g/mol. The van der Waals surface area contributed by atoms with Gasteiger partial charge in [0.2, 0.25) is 0 Å². The van der Waals surface area contributed by atoms with E-state index < -0.39 is 6.10 Å². The molecule has 4 heteroatoms. The third-order valence-electron chi connectivity index (χ3n) is 1.39. The molecule has 0 aliphatic heterocycles. The summed E-state index contributed by atoms with van der Waals surface area (Å²) in [7, 11) is 1.50. The third kappa shape index (κ3) is 2.33. The molecule has 0 saturated heterocycles. The molecule has 4 nitrogen and oxygen atoms in total. The van der Waals surface area contributed by atoms with Crippen LogP contribution in [0, 0.1) is 5.92 Å². The van der Waals surface area contributed by atoms with Gasteiger partial charge in [-0.25, -0.2) is 0 Å². The molecule has 10 heavy (non-hydrogen) atoms. The van der Waals surface area contributed by atoms with Gasteiger partial charge < -0.3 is 15.9 Å². The van der Waals surface area contributed by atoms with Crippen molar-refractivity contribution in [1.29, 1.82) is 0 Å². The predicted molar refractivity (Wildman–Crippen MR) is 39.8 cm³/mol. The van der Waals surface area contributed by atoms with Gasteiger partial charge in [-0.15, -0.1) is 0 Å². The zero-order valence-corrected chi connectivity index (χ0v) is 6.28. The Hall–Kier alpha value is -0.610. The molecule has 4 N–H and O–H groups in total. The van der Waals surface area contributed by atoms with Crippen LogP contribution in [-0.4, -0.2) is 35.8 Å².